The Morgan fingerprint density at radius 1 is 1.35 bits per heavy atom. The molecule has 2 saturated heterocycles. The second-order valence-electron chi connectivity index (χ2n) is 5.27. The predicted octanol–water partition coefficient (Wildman–Crippen LogP) is 2.32. The molecule has 0 aliphatic carbocycles. The van der Waals surface area contributed by atoms with E-state index in [0.29, 0.717) is 12.5 Å². The summed E-state index contributed by atoms with van der Waals surface area (Å²) in [7, 11) is 0. The number of fused-ring (bicyclic) bond motifs is 2. The summed E-state index contributed by atoms with van der Waals surface area (Å²) in [4.78, 5) is 18.5. The zero-order valence-electron chi connectivity index (χ0n) is 10.8. The van der Waals surface area contributed by atoms with Crippen LogP contribution < -0.4 is 0 Å². The molecule has 2 atom stereocenters. The Morgan fingerprint density at radius 2 is 2.20 bits per heavy atom. The van der Waals surface area contributed by atoms with Gasteiger partial charge >= 0.3 is 5.97 Å². The van der Waals surface area contributed by atoms with E-state index in [1.807, 2.05) is 18.2 Å². The molecule has 0 spiro atoms. The molecule has 0 amide bonds. The van der Waals surface area contributed by atoms with Crippen molar-refractivity contribution in [1.82, 2.24) is 9.88 Å². The molecule has 2 aliphatic rings. The number of hydrogen-bond acceptors (Lipinski definition) is 5. The first-order valence-corrected chi connectivity index (χ1v) is 7.35. The molecule has 6 heteroatoms. The Morgan fingerprint density at radius 3 is 3.00 bits per heavy atom. The minimum atomic E-state index is -0.0169. The smallest absolute Gasteiger partial charge is 0.310 e. The summed E-state index contributed by atoms with van der Waals surface area (Å²) < 4.78 is 6.32. The average molecular weight is 311 g/mol. The van der Waals surface area contributed by atoms with Crippen LogP contribution in [0.15, 0.2) is 24.3 Å². The quantitative estimate of drug-likeness (QED) is 0.798. The van der Waals surface area contributed by atoms with Gasteiger partial charge in [0.15, 0.2) is 0 Å². The van der Waals surface area contributed by atoms with Crippen molar-refractivity contribution in [1.29, 1.82) is 0 Å². The van der Waals surface area contributed by atoms with Crippen molar-refractivity contribution in [3.63, 3.8) is 0 Å². The van der Waals surface area contributed by atoms with E-state index in [-0.39, 0.29) is 24.3 Å². The molecule has 0 saturated carbocycles. The fourth-order valence-corrected chi connectivity index (χ4v) is 4.01. The van der Waals surface area contributed by atoms with E-state index in [9.17, 15) is 4.79 Å². The van der Waals surface area contributed by atoms with Crippen molar-refractivity contribution in [3.05, 3.63) is 29.3 Å². The van der Waals surface area contributed by atoms with E-state index in [2.05, 4.69) is 16.0 Å². The predicted molar refractivity (Wildman–Crippen MR) is 80.1 cm³/mol. The first kappa shape index (κ1) is 13.8. The Hall–Kier alpha value is -1.17. The highest BCUT2D eigenvalue weighted by Gasteiger charge is 2.43. The van der Waals surface area contributed by atoms with Gasteiger partial charge in [0.1, 0.15) is 5.01 Å². The molecule has 2 aliphatic heterocycles. The number of carbonyl (C=O) groups excluding carboxylic acids is 1. The molecule has 106 valence electrons. The molecule has 0 radical (unpaired) electrons. The lowest BCUT2D eigenvalue weighted by molar-refractivity contribution is -0.141. The maximum Gasteiger partial charge on any atom is 0.310 e. The van der Waals surface area contributed by atoms with Crippen molar-refractivity contribution >= 4 is 39.9 Å². The Bertz CT molecular complexity index is 612. The SMILES string of the molecule is Cl.O=C1OC[C@H]2CN(Cc3nc4ccccc4s3)C[C@@H]12. The van der Waals surface area contributed by atoms with E-state index in [0.717, 1.165) is 30.2 Å². The van der Waals surface area contributed by atoms with Gasteiger partial charge in [-0.25, -0.2) is 4.98 Å². The van der Waals surface area contributed by atoms with Gasteiger partial charge in [-0.3, -0.25) is 9.69 Å². The molecule has 0 N–H and O–H groups in total. The lowest BCUT2D eigenvalue weighted by Crippen LogP contribution is -2.23. The molecule has 20 heavy (non-hydrogen) atoms. The van der Waals surface area contributed by atoms with Gasteiger partial charge in [-0.05, 0) is 12.1 Å². The van der Waals surface area contributed by atoms with Crippen molar-refractivity contribution < 1.29 is 9.53 Å². The molecule has 1 aromatic carbocycles. The van der Waals surface area contributed by atoms with Crippen molar-refractivity contribution in [2.45, 2.75) is 6.54 Å². The van der Waals surface area contributed by atoms with E-state index >= 15 is 0 Å². The van der Waals surface area contributed by atoms with Crippen molar-refractivity contribution in [2.75, 3.05) is 19.7 Å². The summed E-state index contributed by atoms with van der Waals surface area (Å²) in [5.41, 5.74) is 1.07. The first-order chi connectivity index (χ1) is 9.29. The number of aromatic nitrogens is 1. The van der Waals surface area contributed by atoms with Gasteiger partial charge in [0, 0.05) is 19.0 Å². The number of benzene rings is 1. The van der Waals surface area contributed by atoms with Gasteiger partial charge in [0.05, 0.1) is 29.3 Å². The summed E-state index contributed by atoms with van der Waals surface area (Å²) >= 11 is 1.74. The molecule has 2 aromatic rings. The maximum absolute atomic E-state index is 11.5. The molecule has 4 nitrogen and oxygen atoms in total. The second kappa shape index (κ2) is 5.31. The fraction of sp³-hybridized carbons (Fsp3) is 0.429. The summed E-state index contributed by atoms with van der Waals surface area (Å²) in [5, 5.41) is 1.13. The average Bonchev–Trinajstić information content (AvgIpc) is 3.06. The normalized spacial score (nSPS) is 25.5. The second-order valence-corrected chi connectivity index (χ2v) is 6.38. The van der Waals surface area contributed by atoms with Crippen LogP contribution >= 0.6 is 23.7 Å². The molecule has 4 rings (SSSR count). The summed E-state index contributed by atoms with van der Waals surface area (Å²) in [6.07, 6.45) is 0. The third kappa shape index (κ3) is 2.30. The zero-order chi connectivity index (χ0) is 12.8. The van der Waals surface area contributed by atoms with Gasteiger partial charge in [0.25, 0.3) is 0 Å². The number of cyclic esters (lactones) is 1. The minimum Gasteiger partial charge on any atom is -0.465 e. The van der Waals surface area contributed by atoms with E-state index in [1.165, 1.54) is 4.70 Å². The van der Waals surface area contributed by atoms with Crippen LogP contribution in [0.4, 0.5) is 0 Å². The maximum atomic E-state index is 11.5. The highest BCUT2D eigenvalue weighted by molar-refractivity contribution is 7.18. The van der Waals surface area contributed by atoms with Crippen LogP contribution in [0.25, 0.3) is 10.2 Å². The Labute approximate surface area is 127 Å². The number of carbonyl (C=O) groups is 1. The van der Waals surface area contributed by atoms with E-state index in [1.54, 1.807) is 11.3 Å². The van der Waals surface area contributed by atoms with Gasteiger partial charge in [0.2, 0.25) is 0 Å². The zero-order valence-corrected chi connectivity index (χ0v) is 12.5. The highest BCUT2D eigenvalue weighted by Crippen LogP contribution is 2.32. The van der Waals surface area contributed by atoms with Crippen molar-refractivity contribution in [2.24, 2.45) is 11.8 Å². The molecular formula is C14H15ClN2O2S. The molecule has 2 fully saturated rings. The summed E-state index contributed by atoms with van der Waals surface area (Å²) in [6, 6.07) is 8.21. The number of halogens is 1. The number of esters is 1. The summed E-state index contributed by atoms with van der Waals surface area (Å²) in [6.45, 7) is 3.21. The number of para-hydroxylation sites is 1. The number of thiazole rings is 1. The number of nitrogens with zero attached hydrogens (tertiary/aromatic N) is 2. The van der Waals surface area contributed by atoms with E-state index < -0.39 is 0 Å². The third-order valence-corrected chi connectivity index (χ3v) is 4.98. The monoisotopic (exact) mass is 310 g/mol. The standard InChI is InChI=1S/C14H14N2O2S.ClH/c17-14-10-6-16(5-9(10)8-18-14)7-13-15-11-3-1-2-4-12(11)19-13;/h1-4,9-10H,5-8H2;1H/t9-,10-;/m1./s1. The van der Waals surface area contributed by atoms with Gasteiger partial charge < -0.3 is 4.74 Å². The van der Waals surface area contributed by atoms with Crippen LogP contribution in [0.5, 0.6) is 0 Å². The Kier molecular flexibility index (Phi) is 3.67. The van der Waals surface area contributed by atoms with Gasteiger partial charge in [-0.1, -0.05) is 12.1 Å². The molecule has 3 heterocycles. The van der Waals surface area contributed by atoms with Crippen LogP contribution in [-0.4, -0.2) is 35.5 Å². The number of ether oxygens (including phenoxy) is 1. The van der Waals surface area contributed by atoms with Crippen LogP contribution in [0.1, 0.15) is 5.01 Å². The largest absolute Gasteiger partial charge is 0.465 e. The molecule has 0 unspecified atom stereocenters. The number of hydrogen-bond donors (Lipinski definition) is 0. The Balaban J connectivity index is 0.00000121. The number of rotatable bonds is 2. The molecule has 0 bridgehead atoms. The van der Waals surface area contributed by atoms with Crippen LogP contribution in [0.2, 0.25) is 0 Å². The highest BCUT2D eigenvalue weighted by atomic mass is 35.5. The first-order valence-electron chi connectivity index (χ1n) is 6.53. The molecular weight excluding hydrogens is 296 g/mol. The van der Waals surface area contributed by atoms with Gasteiger partial charge in [-0.2, -0.15) is 0 Å². The lowest BCUT2D eigenvalue weighted by atomic mass is 10.0. The molecule has 1 aromatic heterocycles. The van der Waals surface area contributed by atoms with Crippen LogP contribution in [-0.2, 0) is 16.1 Å². The number of likely N-dealkylation sites (tertiary alicyclic amines) is 1. The van der Waals surface area contributed by atoms with E-state index in [4.69, 9.17) is 4.74 Å². The van der Waals surface area contributed by atoms with Crippen LogP contribution in [0.3, 0.4) is 0 Å². The lowest BCUT2D eigenvalue weighted by Gasteiger charge is -2.14. The van der Waals surface area contributed by atoms with Crippen molar-refractivity contribution in [3.8, 4) is 0 Å². The van der Waals surface area contributed by atoms with Gasteiger partial charge in [-0.15, -0.1) is 23.7 Å². The topological polar surface area (TPSA) is 42.4 Å². The minimum absolute atomic E-state index is 0. The fourth-order valence-electron chi connectivity index (χ4n) is 3.00. The third-order valence-electron chi connectivity index (χ3n) is 3.96. The summed E-state index contributed by atoms with van der Waals surface area (Å²) in [5.74, 6) is 0.466. The van der Waals surface area contributed by atoms with Crippen LogP contribution in [0, 0.1) is 11.8 Å².